The number of hydrogen-bond acceptors (Lipinski definition) is 2. The molecule has 13 heavy (non-hydrogen) atoms. The summed E-state index contributed by atoms with van der Waals surface area (Å²) in [5.74, 6) is 0. The Hall–Kier alpha value is -1.02. The summed E-state index contributed by atoms with van der Waals surface area (Å²) in [5, 5.41) is 0. The van der Waals surface area contributed by atoms with E-state index in [9.17, 15) is 0 Å². The number of unbranched alkanes of at least 4 members (excludes halogenated alkanes) is 2. The molecule has 1 rings (SSSR count). The van der Waals surface area contributed by atoms with Gasteiger partial charge in [0.15, 0.2) is 0 Å². The van der Waals surface area contributed by atoms with Crippen molar-refractivity contribution in [2.75, 3.05) is 5.73 Å². The van der Waals surface area contributed by atoms with Crippen LogP contribution in [0.1, 0.15) is 31.7 Å². The Labute approximate surface area is 80.7 Å². The van der Waals surface area contributed by atoms with Gasteiger partial charge in [-0.25, -0.2) is 0 Å². The van der Waals surface area contributed by atoms with Crippen molar-refractivity contribution in [2.24, 2.45) is 0 Å². The van der Waals surface area contributed by atoms with E-state index in [1.807, 2.05) is 12.1 Å². The Morgan fingerprint density at radius 3 is 2.23 bits per heavy atom. The van der Waals surface area contributed by atoms with Crippen LogP contribution in [0.4, 0.5) is 5.69 Å². The maximum atomic E-state index is 5.58. The smallest absolute Gasteiger partial charge is 0.0314 e. The number of nitrogen functional groups attached to an aromatic ring is 1. The van der Waals surface area contributed by atoms with Gasteiger partial charge in [-0.1, -0.05) is 31.9 Å². The molecule has 0 bridgehead atoms. The van der Waals surface area contributed by atoms with Crippen LogP contribution in [0.5, 0.6) is 0 Å². The van der Waals surface area contributed by atoms with Gasteiger partial charge < -0.3 is 11.9 Å². The maximum absolute atomic E-state index is 5.58. The van der Waals surface area contributed by atoms with Gasteiger partial charge in [-0.05, 0) is 30.5 Å². The molecule has 0 atom stereocenters. The van der Waals surface area contributed by atoms with E-state index < -0.39 is 0 Å². The summed E-state index contributed by atoms with van der Waals surface area (Å²) >= 11 is 0. The zero-order chi connectivity index (χ0) is 8.81. The molecule has 0 fully saturated rings. The summed E-state index contributed by atoms with van der Waals surface area (Å²) in [6.45, 7) is 2.23. The van der Waals surface area contributed by atoms with Crippen LogP contribution in [0.3, 0.4) is 0 Å². The minimum Gasteiger partial charge on any atom is -0.399 e. The quantitative estimate of drug-likeness (QED) is 0.552. The van der Waals surface area contributed by atoms with Crippen LogP contribution in [-0.4, -0.2) is 0 Å². The molecule has 0 saturated carbocycles. The summed E-state index contributed by atoms with van der Waals surface area (Å²) in [6.07, 6.45) is 5.09. The minimum absolute atomic E-state index is 0. The van der Waals surface area contributed by atoms with Crippen LogP contribution in [0, 0.1) is 0 Å². The van der Waals surface area contributed by atoms with E-state index in [-0.39, 0.29) is 6.15 Å². The molecule has 0 aliphatic carbocycles. The molecule has 0 spiro atoms. The molecule has 2 heteroatoms. The third-order valence-corrected chi connectivity index (χ3v) is 2.05. The summed E-state index contributed by atoms with van der Waals surface area (Å²) < 4.78 is 0. The molecular formula is C11H20N2. The lowest BCUT2D eigenvalue weighted by atomic mass is 10.1. The van der Waals surface area contributed by atoms with Crippen molar-refractivity contribution in [3.05, 3.63) is 29.8 Å². The van der Waals surface area contributed by atoms with Crippen LogP contribution < -0.4 is 11.9 Å². The average molecular weight is 180 g/mol. The highest BCUT2D eigenvalue weighted by atomic mass is 14.5. The fourth-order valence-electron chi connectivity index (χ4n) is 1.26. The molecule has 0 radical (unpaired) electrons. The SMILES string of the molecule is CCCCCc1ccc(N)cc1.N. The Balaban J connectivity index is 0.00000144. The fraction of sp³-hybridized carbons (Fsp3) is 0.455. The van der Waals surface area contributed by atoms with Crippen molar-refractivity contribution in [3.63, 3.8) is 0 Å². The zero-order valence-electron chi connectivity index (χ0n) is 8.42. The molecular weight excluding hydrogens is 160 g/mol. The molecule has 2 nitrogen and oxygen atoms in total. The van der Waals surface area contributed by atoms with Gasteiger partial charge in [-0.15, -0.1) is 0 Å². The van der Waals surface area contributed by atoms with Crippen molar-refractivity contribution in [1.29, 1.82) is 0 Å². The van der Waals surface area contributed by atoms with Crippen molar-refractivity contribution < 1.29 is 0 Å². The fourth-order valence-corrected chi connectivity index (χ4v) is 1.26. The van der Waals surface area contributed by atoms with Crippen molar-refractivity contribution in [2.45, 2.75) is 32.6 Å². The number of rotatable bonds is 4. The molecule has 1 aromatic carbocycles. The van der Waals surface area contributed by atoms with Gasteiger partial charge in [-0.3, -0.25) is 0 Å². The Bertz CT molecular complexity index is 216. The first-order chi connectivity index (χ1) is 5.83. The molecule has 1 aromatic rings. The van der Waals surface area contributed by atoms with E-state index in [1.54, 1.807) is 0 Å². The maximum Gasteiger partial charge on any atom is 0.0314 e. The molecule has 0 unspecified atom stereocenters. The molecule has 0 aliphatic heterocycles. The first-order valence-corrected chi connectivity index (χ1v) is 4.67. The van der Waals surface area contributed by atoms with Crippen molar-refractivity contribution >= 4 is 5.69 Å². The molecule has 0 aromatic heterocycles. The summed E-state index contributed by atoms with van der Waals surface area (Å²) in [5.41, 5.74) is 7.84. The third kappa shape index (κ3) is 4.53. The van der Waals surface area contributed by atoms with Gasteiger partial charge in [0.1, 0.15) is 0 Å². The molecule has 0 amide bonds. The Kier molecular flexibility index (Phi) is 5.98. The van der Waals surface area contributed by atoms with Gasteiger partial charge in [0.2, 0.25) is 0 Å². The second kappa shape index (κ2) is 6.49. The second-order valence-corrected chi connectivity index (χ2v) is 3.20. The summed E-state index contributed by atoms with van der Waals surface area (Å²) in [7, 11) is 0. The normalized spacial score (nSPS) is 9.31. The molecule has 0 saturated heterocycles. The lowest BCUT2D eigenvalue weighted by Gasteiger charge is -2.00. The summed E-state index contributed by atoms with van der Waals surface area (Å²) in [4.78, 5) is 0. The first-order valence-electron chi connectivity index (χ1n) is 4.67. The lowest BCUT2D eigenvalue weighted by molar-refractivity contribution is 0.717. The van der Waals surface area contributed by atoms with E-state index in [0.29, 0.717) is 0 Å². The van der Waals surface area contributed by atoms with E-state index in [0.717, 1.165) is 5.69 Å². The predicted molar refractivity (Wildman–Crippen MR) is 59.1 cm³/mol. The van der Waals surface area contributed by atoms with Crippen LogP contribution >= 0.6 is 0 Å². The topological polar surface area (TPSA) is 61.0 Å². The van der Waals surface area contributed by atoms with Crippen molar-refractivity contribution in [1.82, 2.24) is 6.15 Å². The number of anilines is 1. The van der Waals surface area contributed by atoms with Crippen LogP contribution in [0.15, 0.2) is 24.3 Å². The van der Waals surface area contributed by atoms with E-state index in [2.05, 4.69) is 19.1 Å². The Morgan fingerprint density at radius 1 is 1.08 bits per heavy atom. The highest BCUT2D eigenvalue weighted by molar-refractivity contribution is 5.39. The largest absolute Gasteiger partial charge is 0.399 e. The van der Waals surface area contributed by atoms with Crippen LogP contribution in [-0.2, 0) is 6.42 Å². The van der Waals surface area contributed by atoms with Gasteiger partial charge in [0.05, 0.1) is 0 Å². The first kappa shape index (κ1) is 12.0. The highest BCUT2D eigenvalue weighted by Gasteiger charge is 1.91. The minimum atomic E-state index is 0. The number of aryl methyl sites for hydroxylation is 1. The van der Waals surface area contributed by atoms with Gasteiger partial charge in [0.25, 0.3) is 0 Å². The van der Waals surface area contributed by atoms with Gasteiger partial charge in [0, 0.05) is 5.69 Å². The zero-order valence-corrected chi connectivity index (χ0v) is 8.42. The number of nitrogens with two attached hydrogens (primary N) is 1. The van der Waals surface area contributed by atoms with E-state index >= 15 is 0 Å². The van der Waals surface area contributed by atoms with Crippen LogP contribution in [0.2, 0.25) is 0 Å². The Morgan fingerprint density at radius 2 is 1.69 bits per heavy atom. The van der Waals surface area contributed by atoms with Crippen LogP contribution in [0.25, 0.3) is 0 Å². The monoisotopic (exact) mass is 180 g/mol. The summed E-state index contributed by atoms with van der Waals surface area (Å²) in [6, 6.07) is 8.18. The average Bonchev–Trinajstić information content (AvgIpc) is 2.09. The lowest BCUT2D eigenvalue weighted by Crippen LogP contribution is -1.87. The van der Waals surface area contributed by atoms with Gasteiger partial charge in [-0.2, -0.15) is 0 Å². The molecule has 0 heterocycles. The number of benzene rings is 1. The van der Waals surface area contributed by atoms with E-state index in [4.69, 9.17) is 5.73 Å². The standard InChI is InChI=1S/C11H17N.H3N/c1-2-3-4-5-10-6-8-11(12)9-7-10;/h6-9H,2-5,12H2,1H3;1H3. The third-order valence-electron chi connectivity index (χ3n) is 2.05. The number of hydrogen-bond donors (Lipinski definition) is 2. The molecule has 0 aliphatic rings. The van der Waals surface area contributed by atoms with Gasteiger partial charge >= 0.3 is 0 Å². The highest BCUT2D eigenvalue weighted by Crippen LogP contribution is 2.09. The second-order valence-electron chi connectivity index (χ2n) is 3.20. The van der Waals surface area contributed by atoms with E-state index in [1.165, 1.54) is 31.2 Å². The predicted octanol–water partition coefficient (Wildman–Crippen LogP) is 3.16. The van der Waals surface area contributed by atoms with Crippen molar-refractivity contribution in [3.8, 4) is 0 Å². The molecule has 5 N–H and O–H groups in total. The molecule has 74 valence electrons.